The van der Waals surface area contributed by atoms with E-state index in [4.69, 9.17) is 18.2 Å². The molecule has 0 saturated heterocycles. The van der Waals surface area contributed by atoms with E-state index >= 15 is 0 Å². The summed E-state index contributed by atoms with van der Waals surface area (Å²) >= 11 is 1.17. The maximum absolute atomic E-state index is 8.74. The van der Waals surface area contributed by atoms with Gasteiger partial charge in [0.05, 0.1) is 0 Å². The molecule has 0 unspecified atom stereocenters. The third-order valence-corrected chi connectivity index (χ3v) is 0. The van der Waals surface area contributed by atoms with Gasteiger partial charge in [0.2, 0.25) is 0 Å². The van der Waals surface area contributed by atoms with Crippen LogP contribution in [0.5, 0.6) is 0 Å². The molecule has 6 heteroatoms. The van der Waals surface area contributed by atoms with E-state index in [1.165, 1.54) is 16.2 Å². The molecule has 0 bridgehead atoms. The molecule has 0 saturated carbocycles. The first-order chi connectivity index (χ1) is 2.73. The summed E-state index contributed by atoms with van der Waals surface area (Å²) in [6.45, 7) is 0. The monoisotopic (exact) mass is 125 g/mol. The first-order valence-corrected chi connectivity index (χ1v) is 2.66. The van der Waals surface area contributed by atoms with Crippen LogP contribution in [0.4, 0.5) is 0 Å². The predicted molar refractivity (Wildman–Crippen MR) is 19.9 cm³/mol. The summed E-state index contributed by atoms with van der Waals surface area (Å²) in [6, 6.07) is 0. The van der Waals surface area contributed by atoms with Crippen LogP contribution in [0.15, 0.2) is 0 Å². The van der Waals surface area contributed by atoms with Crippen molar-refractivity contribution in [1.82, 2.24) is 0 Å². The third kappa shape index (κ3) is 234. The second-order valence-electron chi connectivity index (χ2n) is 0.283. The molecule has 1 radical (unpaired) electrons. The summed E-state index contributed by atoms with van der Waals surface area (Å²) in [6.07, 6.45) is 0. The molecule has 6 heavy (non-hydrogen) atoms. The molecule has 2 N–H and O–H groups in total. The average Bonchev–Trinajstić information content (AvgIpc) is 1.41. The quantitative estimate of drug-likeness (QED) is 0.317. The van der Waals surface area contributed by atoms with E-state index in [1.807, 2.05) is 0 Å². The Bertz CT molecular complexity index is 38.8. The zero-order valence-corrected chi connectivity index (χ0v) is 4.94. The van der Waals surface area contributed by atoms with Crippen molar-refractivity contribution in [2.24, 2.45) is 0 Å². The van der Waals surface area contributed by atoms with E-state index in [0.29, 0.717) is 0 Å². The van der Waals surface area contributed by atoms with Crippen molar-refractivity contribution in [3.05, 3.63) is 0 Å². The van der Waals surface area contributed by atoms with Gasteiger partial charge in [0.1, 0.15) is 0 Å². The fourth-order valence-corrected chi connectivity index (χ4v) is 0. The van der Waals surface area contributed by atoms with Crippen molar-refractivity contribution in [3.63, 3.8) is 0 Å². The molecule has 0 aliphatic rings. The molecule has 0 aliphatic carbocycles. The molecule has 0 fully saturated rings. The number of rotatable bonds is 0. The Morgan fingerprint density at radius 2 is 1.33 bits per heavy atom. The van der Waals surface area contributed by atoms with Crippen LogP contribution in [-0.2, 0) is 8.37 Å². The Labute approximate surface area is 43.4 Å². The minimum atomic E-state index is -3.13. The van der Waals surface area contributed by atoms with Crippen molar-refractivity contribution in [2.45, 2.75) is 0 Å². The van der Waals surface area contributed by atoms with Gasteiger partial charge in [0.25, 0.3) is 0 Å². The van der Waals surface area contributed by atoms with Crippen molar-refractivity contribution >= 4 is 24.5 Å². The summed E-state index contributed by atoms with van der Waals surface area (Å²) in [4.78, 5) is 14.3. The van der Waals surface area contributed by atoms with E-state index in [-0.39, 0.29) is 0 Å². The third-order valence-electron chi connectivity index (χ3n) is 0. The van der Waals surface area contributed by atoms with Gasteiger partial charge in [-0.25, -0.2) is 0 Å². The summed E-state index contributed by atoms with van der Waals surface area (Å²) in [5.41, 5.74) is 0. The molecule has 0 aliphatic heterocycles. The summed E-state index contributed by atoms with van der Waals surface area (Å²) in [7, 11) is -3.13. The van der Waals surface area contributed by atoms with Gasteiger partial charge in [0.15, 0.2) is 0 Å². The fourth-order valence-electron chi connectivity index (χ4n) is 0. The van der Waals surface area contributed by atoms with Gasteiger partial charge in [-0.1, -0.05) is 0 Å². The zero-order chi connectivity index (χ0) is 5.58. The van der Waals surface area contributed by atoms with E-state index in [1.54, 1.807) is 0 Å². The SMILES string of the molecule is O=[PH](O)O.[O]=[Al]. The van der Waals surface area contributed by atoms with Crippen LogP contribution < -0.4 is 0 Å². The van der Waals surface area contributed by atoms with Crippen LogP contribution in [0, 0.1) is 0 Å². The maximum atomic E-state index is 8.74. The molecule has 0 aromatic heterocycles. The predicted octanol–water partition coefficient (Wildman–Crippen LogP) is -1.14. The van der Waals surface area contributed by atoms with Crippen molar-refractivity contribution in [1.29, 1.82) is 0 Å². The standard InChI is InChI=1S/Al.H3O3P.O/c;1-4(2)3;/h;4H,(H2,1,2,3);. The molecule has 4 nitrogen and oxygen atoms in total. The molecule has 0 aromatic carbocycles. The van der Waals surface area contributed by atoms with Crippen LogP contribution in [-0.4, -0.2) is 26.0 Å². The van der Waals surface area contributed by atoms with E-state index in [9.17, 15) is 0 Å². The Morgan fingerprint density at radius 3 is 1.33 bits per heavy atom. The first kappa shape index (κ1) is 9.70. The van der Waals surface area contributed by atoms with Crippen molar-refractivity contribution in [3.8, 4) is 0 Å². The molecular weight excluding hydrogens is 122 g/mol. The van der Waals surface area contributed by atoms with Gasteiger partial charge in [-0.2, -0.15) is 0 Å². The normalized spacial score (nSPS) is 6.33. The van der Waals surface area contributed by atoms with Crippen molar-refractivity contribution < 1.29 is 18.2 Å². The van der Waals surface area contributed by atoms with E-state index < -0.39 is 8.25 Å². The molecule has 0 spiro atoms. The van der Waals surface area contributed by atoms with Crippen LogP contribution in [0.2, 0.25) is 0 Å². The molecule has 0 rings (SSSR count). The number of hydrogen-bond donors (Lipinski definition) is 2. The van der Waals surface area contributed by atoms with Crippen LogP contribution in [0.1, 0.15) is 0 Å². The molecule has 0 aromatic rings. The molecule has 0 atom stereocenters. The topological polar surface area (TPSA) is 74.6 Å². The second kappa shape index (κ2) is 9.08. The Morgan fingerprint density at radius 1 is 1.33 bits per heavy atom. The van der Waals surface area contributed by atoms with Crippen LogP contribution >= 0.6 is 8.25 Å². The van der Waals surface area contributed by atoms with Crippen LogP contribution in [0.3, 0.4) is 0 Å². The molecule has 35 valence electrons. The Kier molecular flexibility index (Phi) is 14.7. The fraction of sp³-hybridized carbons (Fsp3) is 0. The molecular formula is H3AlO4P. The van der Waals surface area contributed by atoms with Crippen molar-refractivity contribution in [2.75, 3.05) is 0 Å². The Balaban J connectivity index is 0. The minimum absolute atomic E-state index is 1.17. The van der Waals surface area contributed by atoms with Gasteiger partial charge >= 0.3 is 28.3 Å². The zero-order valence-electron chi connectivity index (χ0n) is 2.79. The van der Waals surface area contributed by atoms with E-state index in [0.717, 1.165) is 0 Å². The van der Waals surface area contributed by atoms with Gasteiger partial charge in [-0.05, 0) is 0 Å². The van der Waals surface area contributed by atoms with Gasteiger partial charge in [0, 0.05) is 0 Å². The summed E-state index contributed by atoms with van der Waals surface area (Å²) < 4.78 is 16.9. The van der Waals surface area contributed by atoms with Gasteiger partial charge < -0.3 is 9.79 Å². The second-order valence-corrected chi connectivity index (χ2v) is 0.848. The molecule has 0 heterocycles. The number of hydrogen-bond acceptors (Lipinski definition) is 2. The average molecular weight is 125 g/mol. The Hall–Kier alpha value is 0.482. The first-order valence-electron chi connectivity index (χ1n) is 0.887. The summed E-state index contributed by atoms with van der Waals surface area (Å²) in [5, 5.41) is 0. The van der Waals surface area contributed by atoms with Crippen LogP contribution in [0.25, 0.3) is 0 Å². The molecule has 0 amide bonds. The van der Waals surface area contributed by atoms with Gasteiger partial charge in [-0.3, -0.25) is 4.57 Å². The summed E-state index contributed by atoms with van der Waals surface area (Å²) in [5.74, 6) is 0. The van der Waals surface area contributed by atoms with Gasteiger partial charge in [-0.15, -0.1) is 0 Å². The van der Waals surface area contributed by atoms with E-state index in [2.05, 4.69) is 0 Å².